The minimum Gasteiger partial charge on any atom is -0.324 e. The second-order valence-corrected chi connectivity index (χ2v) is 3.81. The molecule has 0 spiro atoms. The normalized spacial score (nSPS) is 16.1. The van der Waals surface area contributed by atoms with Gasteiger partial charge in [-0.1, -0.05) is 6.42 Å². The number of nitrogens with zero attached hydrogens (tertiary/aromatic N) is 1. The average molecular weight is 190 g/mol. The van der Waals surface area contributed by atoms with Crippen LogP contribution in [0.15, 0.2) is 18.3 Å². The number of carbonyl (C=O) groups excluding carboxylic acids is 1. The van der Waals surface area contributed by atoms with E-state index in [1.165, 1.54) is 6.42 Å². The number of hydrogen-bond donors (Lipinski definition) is 1. The molecule has 14 heavy (non-hydrogen) atoms. The van der Waals surface area contributed by atoms with E-state index in [0.717, 1.165) is 24.2 Å². The van der Waals surface area contributed by atoms with Gasteiger partial charge in [0.2, 0.25) is 5.91 Å². The molecule has 74 valence electrons. The zero-order chi connectivity index (χ0) is 9.97. The molecule has 1 aromatic heterocycles. The highest BCUT2D eigenvalue weighted by atomic mass is 16.1. The molecule has 0 atom stereocenters. The van der Waals surface area contributed by atoms with Crippen LogP contribution in [0.3, 0.4) is 0 Å². The van der Waals surface area contributed by atoms with E-state index in [-0.39, 0.29) is 11.8 Å². The van der Waals surface area contributed by atoms with Gasteiger partial charge >= 0.3 is 0 Å². The quantitative estimate of drug-likeness (QED) is 0.776. The number of carbonyl (C=O) groups is 1. The highest BCUT2D eigenvalue weighted by molar-refractivity contribution is 5.92. The van der Waals surface area contributed by atoms with Gasteiger partial charge in [-0.15, -0.1) is 0 Å². The lowest BCUT2D eigenvalue weighted by atomic mass is 9.85. The fraction of sp³-hybridized carbons (Fsp3) is 0.455. The highest BCUT2D eigenvalue weighted by Gasteiger charge is 2.24. The summed E-state index contributed by atoms with van der Waals surface area (Å²) in [6.07, 6.45) is 4.95. The maximum Gasteiger partial charge on any atom is 0.227 e. The molecule has 0 radical (unpaired) electrons. The summed E-state index contributed by atoms with van der Waals surface area (Å²) in [5.74, 6) is 0.373. The number of anilines is 1. The lowest BCUT2D eigenvalue weighted by molar-refractivity contribution is -0.122. The molecular formula is C11H14N2O. The van der Waals surface area contributed by atoms with Crippen molar-refractivity contribution in [1.29, 1.82) is 0 Å². The van der Waals surface area contributed by atoms with Gasteiger partial charge in [-0.3, -0.25) is 9.78 Å². The van der Waals surface area contributed by atoms with Crippen LogP contribution < -0.4 is 5.32 Å². The molecule has 1 aromatic rings. The zero-order valence-electron chi connectivity index (χ0n) is 8.29. The fourth-order valence-electron chi connectivity index (χ4n) is 1.46. The van der Waals surface area contributed by atoms with E-state index in [9.17, 15) is 4.79 Å². The summed E-state index contributed by atoms with van der Waals surface area (Å²) >= 11 is 0. The summed E-state index contributed by atoms with van der Waals surface area (Å²) in [4.78, 5) is 15.7. The average Bonchev–Trinajstić information content (AvgIpc) is 2.06. The van der Waals surface area contributed by atoms with E-state index in [4.69, 9.17) is 0 Å². The predicted octanol–water partition coefficient (Wildman–Crippen LogP) is 2.13. The fourth-order valence-corrected chi connectivity index (χ4v) is 1.46. The molecule has 1 saturated carbocycles. The molecule has 1 aliphatic carbocycles. The largest absolute Gasteiger partial charge is 0.324 e. The van der Waals surface area contributed by atoms with Crippen LogP contribution in [0.1, 0.15) is 25.0 Å². The molecule has 2 rings (SSSR count). The van der Waals surface area contributed by atoms with Crippen LogP contribution in [0.2, 0.25) is 0 Å². The van der Waals surface area contributed by atoms with E-state index in [1.807, 2.05) is 19.1 Å². The van der Waals surface area contributed by atoms with Gasteiger partial charge < -0.3 is 5.32 Å². The maximum atomic E-state index is 11.5. The maximum absolute atomic E-state index is 11.5. The summed E-state index contributed by atoms with van der Waals surface area (Å²) in [5, 5.41) is 2.87. The Kier molecular flexibility index (Phi) is 2.48. The minimum atomic E-state index is 0.141. The molecule has 1 fully saturated rings. The first-order valence-corrected chi connectivity index (χ1v) is 4.99. The number of hydrogen-bond acceptors (Lipinski definition) is 2. The number of aryl methyl sites for hydroxylation is 1. The third kappa shape index (κ3) is 1.92. The monoisotopic (exact) mass is 190 g/mol. The van der Waals surface area contributed by atoms with Crippen molar-refractivity contribution in [2.24, 2.45) is 5.92 Å². The summed E-state index contributed by atoms with van der Waals surface area (Å²) in [6, 6.07) is 3.79. The summed E-state index contributed by atoms with van der Waals surface area (Å²) < 4.78 is 0. The molecule has 1 heterocycles. The van der Waals surface area contributed by atoms with Crippen LogP contribution in [0.4, 0.5) is 5.69 Å². The summed E-state index contributed by atoms with van der Waals surface area (Å²) in [7, 11) is 0. The Morgan fingerprint density at radius 3 is 2.79 bits per heavy atom. The van der Waals surface area contributed by atoms with Gasteiger partial charge in [0.05, 0.1) is 11.9 Å². The third-order valence-electron chi connectivity index (χ3n) is 2.65. The molecule has 3 nitrogen and oxygen atoms in total. The molecule has 0 aromatic carbocycles. The first-order valence-electron chi connectivity index (χ1n) is 4.99. The predicted molar refractivity (Wildman–Crippen MR) is 54.9 cm³/mol. The van der Waals surface area contributed by atoms with Gasteiger partial charge in [0.25, 0.3) is 0 Å². The second kappa shape index (κ2) is 3.78. The Morgan fingerprint density at radius 1 is 1.50 bits per heavy atom. The molecule has 1 amide bonds. The van der Waals surface area contributed by atoms with Gasteiger partial charge in [-0.25, -0.2) is 0 Å². The summed E-state index contributed by atoms with van der Waals surface area (Å²) in [6.45, 7) is 1.93. The number of amides is 1. The van der Waals surface area contributed by atoms with E-state index in [2.05, 4.69) is 10.3 Å². The molecule has 0 bridgehead atoms. The molecule has 0 unspecified atom stereocenters. The Balaban J connectivity index is 1.96. The number of pyridine rings is 1. The molecule has 0 saturated heterocycles. The minimum absolute atomic E-state index is 0.141. The molecule has 1 aliphatic rings. The van der Waals surface area contributed by atoms with Crippen molar-refractivity contribution < 1.29 is 4.79 Å². The van der Waals surface area contributed by atoms with Crippen molar-refractivity contribution in [2.45, 2.75) is 26.2 Å². The first kappa shape index (κ1) is 9.19. The van der Waals surface area contributed by atoms with Crippen molar-refractivity contribution in [2.75, 3.05) is 5.32 Å². The van der Waals surface area contributed by atoms with Crippen LogP contribution in [-0.2, 0) is 4.79 Å². The van der Waals surface area contributed by atoms with Gasteiger partial charge in [0.1, 0.15) is 0 Å². The van der Waals surface area contributed by atoms with Crippen LogP contribution in [0, 0.1) is 12.8 Å². The molecule has 1 N–H and O–H groups in total. The second-order valence-electron chi connectivity index (χ2n) is 3.81. The van der Waals surface area contributed by atoms with Gasteiger partial charge in [0, 0.05) is 11.6 Å². The standard InChI is InChI=1S/C11H14N2O/c1-8-5-6-10(7-12-8)13-11(14)9-3-2-4-9/h5-7,9H,2-4H2,1H3,(H,13,14). The van der Waals surface area contributed by atoms with Crippen molar-refractivity contribution in [3.63, 3.8) is 0 Å². The number of nitrogens with one attached hydrogen (secondary N) is 1. The van der Waals surface area contributed by atoms with E-state index >= 15 is 0 Å². The Hall–Kier alpha value is -1.38. The van der Waals surface area contributed by atoms with Crippen LogP contribution in [-0.4, -0.2) is 10.9 Å². The van der Waals surface area contributed by atoms with Gasteiger partial charge in [0.15, 0.2) is 0 Å². The molecule has 0 aliphatic heterocycles. The van der Waals surface area contributed by atoms with Crippen molar-refractivity contribution in [1.82, 2.24) is 4.98 Å². The molecule has 3 heteroatoms. The zero-order valence-corrected chi connectivity index (χ0v) is 8.29. The van der Waals surface area contributed by atoms with Gasteiger partial charge in [-0.2, -0.15) is 0 Å². The van der Waals surface area contributed by atoms with E-state index in [0.29, 0.717) is 0 Å². The number of aromatic nitrogens is 1. The first-order chi connectivity index (χ1) is 6.75. The van der Waals surface area contributed by atoms with Crippen molar-refractivity contribution in [3.05, 3.63) is 24.0 Å². The van der Waals surface area contributed by atoms with E-state index < -0.39 is 0 Å². The lowest BCUT2D eigenvalue weighted by Gasteiger charge is -2.23. The SMILES string of the molecule is Cc1ccc(NC(=O)C2CCC2)cn1. The Bertz CT molecular complexity index is 328. The van der Waals surface area contributed by atoms with Crippen LogP contribution in [0.25, 0.3) is 0 Å². The van der Waals surface area contributed by atoms with Gasteiger partial charge in [-0.05, 0) is 31.9 Å². The van der Waals surface area contributed by atoms with Crippen LogP contribution in [0.5, 0.6) is 0 Å². The third-order valence-corrected chi connectivity index (χ3v) is 2.65. The topological polar surface area (TPSA) is 42.0 Å². The van der Waals surface area contributed by atoms with Crippen molar-refractivity contribution in [3.8, 4) is 0 Å². The number of rotatable bonds is 2. The summed E-state index contributed by atoms with van der Waals surface area (Å²) in [5.41, 5.74) is 1.76. The van der Waals surface area contributed by atoms with Crippen molar-refractivity contribution >= 4 is 11.6 Å². The van der Waals surface area contributed by atoms with E-state index in [1.54, 1.807) is 6.20 Å². The molecular weight excluding hydrogens is 176 g/mol. The van der Waals surface area contributed by atoms with Crippen LogP contribution >= 0.6 is 0 Å². The smallest absolute Gasteiger partial charge is 0.227 e. The Morgan fingerprint density at radius 2 is 2.29 bits per heavy atom. The Labute approximate surface area is 83.5 Å². The highest BCUT2D eigenvalue weighted by Crippen LogP contribution is 2.27. The lowest BCUT2D eigenvalue weighted by Crippen LogP contribution is -2.28.